The molecule has 0 aliphatic heterocycles. The Morgan fingerprint density at radius 1 is 0.373 bits per heavy atom. The minimum Gasteiger partial charge on any atom is -0.456 e. The van der Waals surface area contributed by atoms with Crippen LogP contribution in [0.2, 0.25) is 0 Å². The lowest BCUT2D eigenvalue weighted by atomic mass is 10.00. The summed E-state index contributed by atoms with van der Waals surface area (Å²) in [5.74, 6) is 1.78. The van der Waals surface area contributed by atoms with Gasteiger partial charge in [-0.25, -0.2) is 15.0 Å². The summed E-state index contributed by atoms with van der Waals surface area (Å²) in [7, 11) is 0. The van der Waals surface area contributed by atoms with E-state index in [1.165, 1.54) is 25.7 Å². The van der Waals surface area contributed by atoms with E-state index in [1.807, 2.05) is 72.0 Å². The fraction of sp³-hybridized carbons (Fsp3) is 0. The number of para-hydroxylation sites is 2. The van der Waals surface area contributed by atoms with Crippen molar-refractivity contribution in [2.45, 2.75) is 0 Å². The van der Waals surface area contributed by atoms with Crippen molar-refractivity contribution in [2.24, 2.45) is 0 Å². The fourth-order valence-electron chi connectivity index (χ4n) is 7.32. The smallest absolute Gasteiger partial charge is 0.164 e. The fourth-order valence-corrected chi connectivity index (χ4v) is 8.55. The Morgan fingerprint density at radius 3 is 1.86 bits per heavy atom. The van der Waals surface area contributed by atoms with Gasteiger partial charge in [0.15, 0.2) is 17.5 Å². The number of nitrogens with zero attached hydrogens (tertiary/aromatic N) is 3. The highest BCUT2D eigenvalue weighted by Crippen LogP contribution is 2.44. The van der Waals surface area contributed by atoms with Crippen LogP contribution >= 0.6 is 11.3 Å². The molecule has 0 bridgehead atoms. The van der Waals surface area contributed by atoms with E-state index in [1.54, 1.807) is 0 Å². The lowest BCUT2D eigenvalue weighted by Crippen LogP contribution is -2.00. The van der Waals surface area contributed by atoms with Crippen LogP contribution < -0.4 is 0 Å². The second-order valence-corrected chi connectivity index (χ2v) is 13.8. The Kier molecular flexibility index (Phi) is 6.05. The molecule has 0 spiro atoms. The van der Waals surface area contributed by atoms with Gasteiger partial charge in [0.25, 0.3) is 0 Å². The second kappa shape index (κ2) is 10.9. The Labute approximate surface area is 295 Å². The Bertz CT molecular complexity index is 3160. The van der Waals surface area contributed by atoms with Crippen molar-refractivity contribution in [2.75, 3.05) is 0 Å². The second-order valence-electron chi connectivity index (χ2n) is 12.8. The first-order chi connectivity index (χ1) is 25.2. The molecule has 0 fully saturated rings. The van der Waals surface area contributed by atoms with Crippen LogP contribution in [0.25, 0.3) is 109 Å². The van der Waals surface area contributed by atoms with Gasteiger partial charge < -0.3 is 8.83 Å². The molecule has 0 saturated carbocycles. The normalized spacial score (nSPS) is 11.9. The maximum absolute atomic E-state index is 6.76. The highest BCUT2D eigenvalue weighted by Gasteiger charge is 2.19. The number of hydrogen-bond acceptors (Lipinski definition) is 6. The van der Waals surface area contributed by atoms with E-state index in [0.29, 0.717) is 17.5 Å². The molecule has 0 radical (unpaired) electrons. The number of thiophene rings is 1. The minimum absolute atomic E-state index is 0.577. The number of benzene rings is 7. The van der Waals surface area contributed by atoms with Crippen molar-refractivity contribution < 1.29 is 8.83 Å². The van der Waals surface area contributed by atoms with Crippen LogP contribution in [0.3, 0.4) is 0 Å². The van der Waals surface area contributed by atoms with E-state index < -0.39 is 0 Å². The molecule has 11 aromatic rings. The predicted octanol–water partition coefficient (Wildman–Crippen LogP) is 12.7. The summed E-state index contributed by atoms with van der Waals surface area (Å²) >= 11 is 1.83. The molecule has 0 saturated heterocycles. The van der Waals surface area contributed by atoms with E-state index in [-0.39, 0.29) is 0 Å². The van der Waals surface area contributed by atoms with E-state index in [9.17, 15) is 0 Å². The molecular weight excluding hydrogens is 647 g/mol. The molecule has 11 rings (SSSR count). The quantitative estimate of drug-likeness (QED) is 0.186. The standard InChI is InChI=1S/C45H25N3O2S/c1-2-10-26(11-3-1)43-46-44(27-21-23-38-36(24-27)29-12-4-6-18-37(29)49-38)48-45(47-43)28-20-22-30-32-14-8-15-33(41(32)50-39(30)25-28)35-17-9-16-34-31-13-5-7-19-40(31)51-42(34)35/h1-25H. The zero-order valence-corrected chi connectivity index (χ0v) is 27.8. The van der Waals surface area contributed by atoms with Crippen LogP contribution in [0.5, 0.6) is 0 Å². The Hall–Kier alpha value is -6.63. The average molecular weight is 672 g/mol. The van der Waals surface area contributed by atoms with Gasteiger partial charge in [0, 0.05) is 69.5 Å². The molecule has 0 aliphatic rings. The third-order valence-electron chi connectivity index (χ3n) is 9.75. The summed E-state index contributed by atoms with van der Waals surface area (Å²) in [5, 5.41) is 6.76. The van der Waals surface area contributed by atoms with Gasteiger partial charge in [-0.15, -0.1) is 11.3 Å². The SMILES string of the molecule is c1ccc(-c2nc(-c3ccc4c(c3)oc3c(-c5cccc6c5sc5ccccc56)cccc34)nc(-c3ccc4oc5ccccc5c4c3)n2)cc1. The van der Waals surface area contributed by atoms with Crippen molar-refractivity contribution in [1.82, 2.24) is 15.0 Å². The maximum Gasteiger partial charge on any atom is 0.164 e. The molecule has 238 valence electrons. The van der Waals surface area contributed by atoms with E-state index in [4.69, 9.17) is 23.8 Å². The molecule has 7 aromatic carbocycles. The maximum atomic E-state index is 6.76. The lowest BCUT2D eigenvalue weighted by Gasteiger charge is -2.08. The summed E-state index contributed by atoms with van der Waals surface area (Å²) in [5.41, 5.74) is 8.26. The number of furan rings is 2. The molecule has 0 aliphatic carbocycles. The average Bonchev–Trinajstić information content (AvgIpc) is 3.89. The number of rotatable bonds is 4. The molecule has 51 heavy (non-hydrogen) atoms. The summed E-state index contributed by atoms with van der Waals surface area (Å²) in [6, 6.07) is 52.1. The van der Waals surface area contributed by atoms with Gasteiger partial charge >= 0.3 is 0 Å². The van der Waals surface area contributed by atoms with Gasteiger partial charge in [-0.2, -0.15) is 0 Å². The topological polar surface area (TPSA) is 65.0 Å². The molecule has 0 N–H and O–H groups in total. The van der Waals surface area contributed by atoms with Gasteiger partial charge in [0.2, 0.25) is 0 Å². The van der Waals surface area contributed by atoms with Gasteiger partial charge in [0.1, 0.15) is 22.3 Å². The van der Waals surface area contributed by atoms with Crippen LogP contribution in [0.1, 0.15) is 0 Å². The van der Waals surface area contributed by atoms with Crippen LogP contribution in [-0.2, 0) is 0 Å². The van der Waals surface area contributed by atoms with Gasteiger partial charge in [-0.3, -0.25) is 0 Å². The highest BCUT2D eigenvalue weighted by molar-refractivity contribution is 7.26. The number of fused-ring (bicyclic) bond motifs is 9. The summed E-state index contributed by atoms with van der Waals surface area (Å²) < 4.78 is 15.4. The number of aromatic nitrogens is 3. The van der Waals surface area contributed by atoms with E-state index >= 15 is 0 Å². The third-order valence-corrected chi connectivity index (χ3v) is 11.0. The van der Waals surface area contributed by atoms with Crippen LogP contribution in [0.15, 0.2) is 160 Å². The van der Waals surface area contributed by atoms with E-state index in [2.05, 4.69) is 91.0 Å². The molecule has 5 nitrogen and oxygen atoms in total. The van der Waals surface area contributed by atoms with Crippen molar-refractivity contribution in [3.8, 4) is 45.3 Å². The predicted molar refractivity (Wildman–Crippen MR) is 209 cm³/mol. The minimum atomic E-state index is 0.577. The molecule has 0 amide bonds. The monoisotopic (exact) mass is 671 g/mol. The summed E-state index contributed by atoms with van der Waals surface area (Å²) in [6.45, 7) is 0. The van der Waals surface area contributed by atoms with Crippen LogP contribution in [0, 0.1) is 0 Å². The van der Waals surface area contributed by atoms with Crippen LogP contribution in [-0.4, -0.2) is 15.0 Å². The molecule has 4 heterocycles. The van der Waals surface area contributed by atoms with Gasteiger partial charge in [-0.1, -0.05) is 109 Å². The first-order valence-electron chi connectivity index (χ1n) is 16.8. The zero-order valence-electron chi connectivity index (χ0n) is 27.0. The van der Waals surface area contributed by atoms with Gasteiger partial charge in [0.05, 0.1) is 0 Å². The van der Waals surface area contributed by atoms with Crippen LogP contribution in [0.4, 0.5) is 0 Å². The molecular formula is C45H25N3O2S. The van der Waals surface area contributed by atoms with Crippen molar-refractivity contribution in [3.05, 3.63) is 152 Å². The largest absolute Gasteiger partial charge is 0.456 e. The highest BCUT2D eigenvalue weighted by atomic mass is 32.1. The number of hydrogen-bond donors (Lipinski definition) is 0. The van der Waals surface area contributed by atoms with Crippen molar-refractivity contribution in [1.29, 1.82) is 0 Å². The molecule has 4 aromatic heterocycles. The van der Waals surface area contributed by atoms with E-state index in [0.717, 1.165) is 66.1 Å². The van der Waals surface area contributed by atoms with Crippen molar-refractivity contribution >= 4 is 75.4 Å². The Balaban J connectivity index is 1.08. The first kappa shape index (κ1) is 28.2. The zero-order chi connectivity index (χ0) is 33.5. The molecule has 0 atom stereocenters. The molecule has 6 heteroatoms. The lowest BCUT2D eigenvalue weighted by molar-refractivity contribution is 0.669. The molecule has 0 unspecified atom stereocenters. The summed E-state index contributed by atoms with van der Waals surface area (Å²) in [4.78, 5) is 15.0. The first-order valence-corrected chi connectivity index (χ1v) is 17.7. The summed E-state index contributed by atoms with van der Waals surface area (Å²) in [6.07, 6.45) is 0. The third kappa shape index (κ3) is 4.43. The van der Waals surface area contributed by atoms with Gasteiger partial charge in [-0.05, 0) is 42.5 Å². The van der Waals surface area contributed by atoms with Crippen molar-refractivity contribution in [3.63, 3.8) is 0 Å². The Morgan fingerprint density at radius 2 is 1.00 bits per heavy atom.